The smallest absolute Gasteiger partial charge is 0.242 e. The van der Waals surface area contributed by atoms with Crippen molar-refractivity contribution in [1.82, 2.24) is 15.0 Å². The Bertz CT molecular complexity index is 877. The average Bonchev–Trinajstić information content (AvgIpc) is 3.02. The number of nitrogens with one attached hydrogen (secondary N) is 1. The number of hydrogen-bond donors (Lipinski definition) is 2. The van der Waals surface area contributed by atoms with E-state index in [0.29, 0.717) is 5.52 Å². The van der Waals surface area contributed by atoms with Crippen molar-refractivity contribution < 1.29 is 13.0 Å². The Morgan fingerprint density at radius 2 is 1.86 bits per heavy atom. The van der Waals surface area contributed by atoms with Crippen molar-refractivity contribution >= 4 is 21.1 Å². The molecular weight excluding hydrogens is 304 g/mol. The first kappa shape index (κ1) is 14.6. The van der Waals surface area contributed by atoms with Crippen molar-refractivity contribution in [2.45, 2.75) is 10.9 Å². The fraction of sp³-hybridized carbons (Fsp3) is 0.143. The van der Waals surface area contributed by atoms with E-state index in [0.717, 1.165) is 5.56 Å². The van der Waals surface area contributed by atoms with Gasteiger partial charge in [-0.1, -0.05) is 36.4 Å². The van der Waals surface area contributed by atoms with Gasteiger partial charge in [0.05, 0.1) is 0 Å². The Morgan fingerprint density at radius 1 is 1.09 bits per heavy atom. The van der Waals surface area contributed by atoms with Crippen molar-refractivity contribution in [3.05, 3.63) is 54.1 Å². The molecule has 3 rings (SSSR count). The molecule has 0 amide bonds. The number of fused-ring (bicyclic) bond motifs is 1. The Balaban J connectivity index is 1.81. The van der Waals surface area contributed by atoms with Gasteiger partial charge in [-0.3, -0.25) is 0 Å². The third-order valence-electron chi connectivity index (χ3n) is 3.26. The zero-order chi connectivity index (χ0) is 15.6. The molecule has 0 saturated carbocycles. The van der Waals surface area contributed by atoms with Crippen molar-refractivity contribution in [3.8, 4) is 0 Å². The van der Waals surface area contributed by atoms with Crippen LogP contribution in [0.2, 0.25) is 0 Å². The predicted molar refractivity (Wildman–Crippen MR) is 80.4 cm³/mol. The van der Waals surface area contributed by atoms with Crippen LogP contribution in [0.4, 0.5) is 0 Å². The third-order valence-corrected chi connectivity index (χ3v) is 4.71. The van der Waals surface area contributed by atoms with E-state index in [1.807, 2.05) is 30.3 Å². The van der Waals surface area contributed by atoms with Crippen LogP contribution in [0.15, 0.2) is 58.1 Å². The standard InChI is InChI=1S/C14H14N4O3S/c15-11(10-5-2-1-3-6-10)9-16-22(19,20)13-8-4-7-12-14(13)18-21-17-12/h1-8,11,16H,9,15H2/t11-/m0/s1. The van der Waals surface area contributed by atoms with Crippen LogP contribution in [0.3, 0.4) is 0 Å². The van der Waals surface area contributed by atoms with E-state index in [-0.39, 0.29) is 17.0 Å². The summed E-state index contributed by atoms with van der Waals surface area (Å²) in [6, 6.07) is 13.5. The van der Waals surface area contributed by atoms with E-state index >= 15 is 0 Å². The lowest BCUT2D eigenvalue weighted by Gasteiger charge is -2.13. The van der Waals surface area contributed by atoms with Gasteiger partial charge >= 0.3 is 0 Å². The third kappa shape index (κ3) is 2.84. The first-order valence-corrected chi connectivity index (χ1v) is 8.08. The van der Waals surface area contributed by atoms with Gasteiger partial charge in [0.25, 0.3) is 0 Å². The van der Waals surface area contributed by atoms with Crippen molar-refractivity contribution in [2.24, 2.45) is 5.73 Å². The van der Waals surface area contributed by atoms with Crippen molar-refractivity contribution in [2.75, 3.05) is 6.54 Å². The van der Waals surface area contributed by atoms with Gasteiger partial charge in [-0.2, -0.15) is 0 Å². The minimum Gasteiger partial charge on any atom is -0.323 e. The number of aromatic nitrogens is 2. The monoisotopic (exact) mass is 318 g/mol. The van der Waals surface area contributed by atoms with E-state index < -0.39 is 16.1 Å². The number of rotatable bonds is 5. The normalized spacial score (nSPS) is 13.3. The fourth-order valence-corrected chi connectivity index (χ4v) is 3.30. The molecule has 8 heteroatoms. The summed E-state index contributed by atoms with van der Waals surface area (Å²) in [5, 5.41) is 7.27. The number of nitrogens with zero attached hydrogens (tertiary/aromatic N) is 2. The van der Waals surface area contributed by atoms with E-state index in [9.17, 15) is 8.42 Å². The quantitative estimate of drug-likeness (QED) is 0.731. The van der Waals surface area contributed by atoms with E-state index in [1.165, 1.54) is 6.07 Å². The van der Waals surface area contributed by atoms with Gasteiger partial charge in [-0.25, -0.2) is 17.8 Å². The molecule has 3 aromatic rings. The summed E-state index contributed by atoms with van der Waals surface area (Å²) in [6.07, 6.45) is 0. The molecule has 0 bridgehead atoms. The molecule has 0 radical (unpaired) electrons. The average molecular weight is 318 g/mol. The predicted octanol–water partition coefficient (Wildman–Crippen LogP) is 1.20. The van der Waals surface area contributed by atoms with E-state index in [4.69, 9.17) is 5.73 Å². The molecule has 22 heavy (non-hydrogen) atoms. The van der Waals surface area contributed by atoms with Gasteiger partial charge in [0, 0.05) is 12.6 Å². The topological polar surface area (TPSA) is 111 Å². The first-order chi connectivity index (χ1) is 10.6. The summed E-state index contributed by atoms with van der Waals surface area (Å²) >= 11 is 0. The Hall–Kier alpha value is -2.29. The molecule has 0 aliphatic carbocycles. The molecule has 114 valence electrons. The Morgan fingerprint density at radius 3 is 2.64 bits per heavy atom. The molecule has 1 aromatic heterocycles. The largest absolute Gasteiger partial charge is 0.323 e. The minimum absolute atomic E-state index is 0.0199. The second-order valence-electron chi connectivity index (χ2n) is 4.76. The number of hydrogen-bond acceptors (Lipinski definition) is 6. The maximum absolute atomic E-state index is 12.4. The lowest BCUT2D eigenvalue weighted by atomic mass is 10.1. The molecule has 3 N–H and O–H groups in total. The van der Waals surface area contributed by atoms with Crippen LogP contribution in [0.25, 0.3) is 11.0 Å². The van der Waals surface area contributed by atoms with Crippen LogP contribution in [0.1, 0.15) is 11.6 Å². The molecule has 0 aliphatic heterocycles. The molecule has 7 nitrogen and oxygen atoms in total. The van der Waals surface area contributed by atoms with Crippen LogP contribution >= 0.6 is 0 Å². The van der Waals surface area contributed by atoms with Crippen LogP contribution in [0.5, 0.6) is 0 Å². The maximum Gasteiger partial charge on any atom is 0.242 e. The van der Waals surface area contributed by atoms with E-state index in [2.05, 4.69) is 19.7 Å². The highest BCUT2D eigenvalue weighted by molar-refractivity contribution is 7.89. The second-order valence-corrected chi connectivity index (χ2v) is 6.49. The summed E-state index contributed by atoms with van der Waals surface area (Å²) in [7, 11) is -3.75. The van der Waals surface area contributed by atoms with Crippen LogP contribution in [-0.2, 0) is 10.0 Å². The van der Waals surface area contributed by atoms with Gasteiger partial charge in [0.15, 0.2) is 5.52 Å². The van der Waals surface area contributed by atoms with Crippen molar-refractivity contribution in [3.63, 3.8) is 0 Å². The molecule has 0 fully saturated rings. The zero-order valence-electron chi connectivity index (χ0n) is 11.5. The summed E-state index contributed by atoms with van der Waals surface area (Å²) in [6.45, 7) is 0.0774. The van der Waals surface area contributed by atoms with E-state index in [1.54, 1.807) is 12.1 Å². The van der Waals surface area contributed by atoms with Gasteiger partial charge in [0.2, 0.25) is 10.0 Å². The number of benzene rings is 2. The molecular formula is C14H14N4O3S. The number of sulfonamides is 1. The summed E-state index contributed by atoms with van der Waals surface area (Å²) < 4.78 is 31.9. The maximum atomic E-state index is 12.4. The van der Waals surface area contributed by atoms with Crippen LogP contribution in [0, 0.1) is 0 Å². The molecule has 0 saturated heterocycles. The van der Waals surface area contributed by atoms with Gasteiger partial charge in [-0.05, 0) is 28.0 Å². The van der Waals surface area contributed by atoms with Gasteiger partial charge in [0.1, 0.15) is 10.4 Å². The Kier molecular flexibility index (Phi) is 3.88. The number of nitrogens with two attached hydrogens (primary N) is 1. The highest BCUT2D eigenvalue weighted by atomic mass is 32.2. The fourth-order valence-electron chi connectivity index (χ4n) is 2.09. The minimum atomic E-state index is -3.75. The van der Waals surface area contributed by atoms with Crippen LogP contribution < -0.4 is 10.5 Å². The second kappa shape index (κ2) is 5.84. The first-order valence-electron chi connectivity index (χ1n) is 6.59. The molecule has 2 aromatic carbocycles. The van der Waals surface area contributed by atoms with Crippen LogP contribution in [-0.4, -0.2) is 25.3 Å². The lowest BCUT2D eigenvalue weighted by Crippen LogP contribution is -2.32. The summed E-state index contributed by atoms with van der Waals surface area (Å²) in [5.74, 6) is 0. The summed E-state index contributed by atoms with van der Waals surface area (Å²) in [5.41, 5.74) is 7.43. The summed E-state index contributed by atoms with van der Waals surface area (Å²) in [4.78, 5) is 0.0199. The van der Waals surface area contributed by atoms with Gasteiger partial charge in [-0.15, -0.1) is 0 Å². The SMILES string of the molecule is N[C@@H](CNS(=O)(=O)c1cccc2nonc12)c1ccccc1. The Labute approximate surface area is 127 Å². The van der Waals surface area contributed by atoms with Crippen molar-refractivity contribution in [1.29, 1.82) is 0 Å². The van der Waals surface area contributed by atoms with Gasteiger partial charge < -0.3 is 5.73 Å². The highest BCUT2D eigenvalue weighted by Gasteiger charge is 2.21. The zero-order valence-corrected chi connectivity index (χ0v) is 12.3. The molecule has 0 aliphatic rings. The highest BCUT2D eigenvalue weighted by Crippen LogP contribution is 2.19. The molecule has 1 atom stereocenters. The molecule has 0 unspecified atom stereocenters. The lowest BCUT2D eigenvalue weighted by molar-refractivity contribution is 0.315. The molecule has 1 heterocycles. The molecule has 0 spiro atoms.